The van der Waals surface area contributed by atoms with Crippen molar-refractivity contribution >= 4 is 33.0 Å². The summed E-state index contributed by atoms with van der Waals surface area (Å²) >= 11 is 0. The summed E-state index contributed by atoms with van der Waals surface area (Å²) < 4.78 is 1.73. The maximum Gasteiger partial charge on any atom is 0.0704 e. The second kappa shape index (κ2) is 7.16. The molecule has 0 saturated carbocycles. The van der Waals surface area contributed by atoms with Gasteiger partial charge in [-0.1, -0.05) is 74.9 Å². The first-order valence-corrected chi connectivity index (χ1v) is 8.39. The minimum atomic E-state index is 0.982. The average Bonchev–Trinajstić information content (AvgIpc) is 2.95. The normalized spacial score (nSPS) is 12.3. The third-order valence-electron chi connectivity index (χ3n) is 4.50. The highest BCUT2D eigenvalue weighted by Gasteiger charge is 2.11. The van der Waals surface area contributed by atoms with Gasteiger partial charge in [-0.3, -0.25) is 4.68 Å². The summed E-state index contributed by atoms with van der Waals surface area (Å²) in [5, 5.41) is 2.20. The lowest BCUT2D eigenvalue weighted by atomic mass is 10.00. The molecule has 2 heteroatoms. The Bertz CT molecular complexity index is 1020. The van der Waals surface area contributed by atoms with Crippen LogP contribution >= 0.6 is 0 Å². The lowest BCUT2D eigenvalue weighted by Crippen LogP contribution is -2.06. The van der Waals surface area contributed by atoms with Crippen LogP contribution in [-0.2, 0) is 0 Å². The highest BCUT2D eigenvalue weighted by atomic mass is 15.3. The molecular weight excluding hydrogens is 316 g/mol. The Morgan fingerprint density at radius 1 is 0.731 bits per heavy atom. The van der Waals surface area contributed by atoms with Gasteiger partial charge < -0.3 is 5.84 Å². The fourth-order valence-electron chi connectivity index (χ4n) is 3.23. The third kappa shape index (κ3) is 2.82. The first-order valence-electron chi connectivity index (χ1n) is 8.39. The Balaban J connectivity index is 2.33. The number of rotatable bonds is 6. The molecule has 2 nitrogen and oxygen atoms in total. The van der Waals surface area contributed by atoms with Crippen LogP contribution in [0.5, 0.6) is 0 Å². The standard InChI is InChI=1S/C24H22N2/c1-5-9-17(7-3)19-11-13-23-21(15-19)22-16-20(18(8-4)10-6-2)12-14-24(22)26(23)25/h5-16H,1-4,25H2/b17-9+,18-10+. The average molecular weight is 338 g/mol. The van der Waals surface area contributed by atoms with Gasteiger partial charge in [0, 0.05) is 10.8 Å². The van der Waals surface area contributed by atoms with E-state index in [-0.39, 0.29) is 0 Å². The van der Waals surface area contributed by atoms with E-state index in [1.54, 1.807) is 16.8 Å². The van der Waals surface area contributed by atoms with Gasteiger partial charge in [-0.25, -0.2) is 0 Å². The van der Waals surface area contributed by atoms with Crippen LogP contribution in [0.2, 0.25) is 0 Å². The molecule has 2 N–H and O–H groups in total. The molecule has 3 rings (SSSR count). The second-order valence-corrected chi connectivity index (χ2v) is 5.96. The molecule has 0 radical (unpaired) electrons. The Morgan fingerprint density at radius 3 is 1.50 bits per heavy atom. The van der Waals surface area contributed by atoms with Gasteiger partial charge in [0.05, 0.1) is 11.0 Å². The molecule has 0 fully saturated rings. The van der Waals surface area contributed by atoms with E-state index in [1.807, 2.05) is 36.4 Å². The maximum atomic E-state index is 6.32. The first kappa shape index (κ1) is 17.3. The summed E-state index contributed by atoms with van der Waals surface area (Å²) in [6, 6.07) is 12.5. The summed E-state index contributed by atoms with van der Waals surface area (Å²) in [5.41, 5.74) is 6.17. The molecule has 0 aliphatic carbocycles. The van der Waals surface area contributed by atoms with Crippen molar-refractivity contribution in [2.24, 2.45) is 0 Å². The largest absolute Gasteiger partial charge is 0.339 e. The summed E-state index contributed by atoms with van der Waals surface area (Å²) in [6.07, 6.45) is 11.1. The van der Waals surface area contributed by atoms with Gasteiger partial charge in [-0.05, 0) is 46.5 Å². The Morgan fingerprint density at radius 2 is 1.15 bits per heavy atom. The van der Waals surface area contributed by atoms with Gasteiger partial charge >= 0.3 is 0 Å². The van der Waals surface area contributed by atoms with E-state index in [0.29, 0.717) is 0 Å². The van der Waals surface area contributed by atoms with E-state index in [0.717, 1.165) is 44.1 Å². The molecule has 0 atom stereocenters. The van der Waals surface area contributed by atoms with Crippen LogP contribution in [0.15, 0.2) is 99.2 Å². The predicted octanol–water partition coefficient (Wildman–Crippen LogP) is 6.02. The van der Waals surface area contributed by atoms with Crippen molar-refractivity contribution in [1.82, 2.24) is 4.68 Å². The molecule has 0 aliphatic rings. The number of hydrogen-bond acceptors (Lipinski definition) is 1. The lowest BCUT2D eigenvalue weighted by Gasteiger charge is -2.04. The predicted molar refractivity (Wildman–Crippen MR) is 116 cm³/mol. The maximum absolute atomic E-state index is 6.32. The van der Waals surface area contributed by atoms with E-state index < -0.39 is 0 Å². The zero-order valence-corrected chi connectivity index (χ0v) is 14.8. The van der Waals surface area contributed by atoms with Crippen LogP contribution in [0.1, 0.15) is 11.1 Å². The molecule has 0 aliphatic heterocycles. The van der Waals surface area contributed by atoms with E-state index >= 15 is 0 Å². The van der Waals surface area contributed by atoms with Crippen molar-refractivity contribution in [3.63, 3.8) is 0 Å². The van der Waals surface area contributed by atoms with Gasteiger partial charge in [0.15, 0.2) is 0 Å². The Kier molecular flexibility index (Phi) is 4.76. The van der Waals surface area contributed by atoms with Crippen molar-refractivity contribution in [3.8, 4) is 0 Å². The molecule has 1 heterocycles. The third-order valence-corrected chi connectivity index (χ3v) is 4.50. The highest BCUT2D eigenvalue weighted by Crippen LogP contribution is 2.32. The summed E-state index contributed by atoms with van der Waals surface area (Å²) in [5.74, 6) is 6.32. The summed E-state index contributed by atoms with van der Waals surface area (Å²) in [7, 11) is 0. The van der Waals surface area contributed by atoms with E-state index in [2.05, 4.69) is 50.6 Å². The zero-order valence-electron chi connectivity index (χ0n) is 14.8. The molecule has 128 valence electrons. The van der Waals surface area contributed by atoms with Gasteiger partial charge in [-0.2, -0.15) is 0 Å². The van der Waals surface area contributed by atoms with E-state index in [4.69, 9.17) is 5.84 Å². The van der Waals surface area contributed by atoms with Crippen molar-refractivity contribution in [3.05, 3.63) is 110 Å². The molecular formula is C24H22N2. The smallest absolute Gasteiger partial charge is 0.0704 e. The minimum absolute atomic E-state index is 0.982. The monoisotopic (exact) mass is 338 g/mol. The second-order valence-electron chi connectivity index (χ2n) is 5.96. The minimum Gasteiger partial charge on any atom is -0.339 e. The van der Waals surface area contributed by atoms with Crippen LogP contribution in [0.3, 0.4) is 0 Å². The molecule has 0 amide bonds. The van der Waals surface area contributed by atoms with Gasteiger partial charge in [-0.15, -0.1) is 0 Å². The summed E-state index contributed by atoms with van der Waals surface area (Å²) in [4.78, 5) is 0. The molecule has 0 saturated heterocycles. The van der Waals surface area contributed by atoms with Crippen LogP contribution in [0, 0.1) is 0 Å². The quantitative estimate of drug-likeness (QED) is 0.432. The van der Waals surface area contributed by atoms with Crippen LogP contribution in [-0.4, -0.2) is 4.68 Å². The van der Waals surface area contributed by atoms with Gasteiger partial charge in [0.1, 0.15) is 0 Å². The molecule has 26 heavy (non-hydrogen) atoms. The number of benzene rings is 2. The highest BCUT2D eigenvalue weighted by molar-refractivity contribution is 6.10. The molecule has 0 unspecified atom stereocenters. The fourth-order valence-corrected chi connectivity index (χ4v) is 3.23. The number of aromatic nitrogens is 1. The number of fused-ring (bicyclic) bond motifs is 3. The van der Waals surface area contributed by atoms with Crippen molar-refractivity contribution in [2.45, 2.75) is 0 Å². The SMILES string of the molecule is C=C/C=C(\C=C)c1ccc2c(c1)c1cc(/C(C=C)=C/C=C)ccc1n2N. The van der Waals surface area contributed by atoms with E-state index in [1.165, 1.54) is 0 Å². The van der Waals surface area contributed by atoms with Gasteiger partial charge in [0.25, 0.3) is 0 Å². The number of nitrogen functional groups attached to an aromatic ring is 1. The fraction of sp³-hybridized carbons (Fsp3) is 0. The molecule has 0 bridgehead atoms. The molecule has 3 aromatic rings. The lowest BCUT2D eigenvalue weighted by molar-refractivity contribution is 1.12. The van der Waals surface area contributed by atoms with Crippen molar-refractivity contribution in [1.29, 1.82) is 0 Å². The van der Waals surface area contributed by atoms with Crippen LogP contribution in [0.25, 0.3) is 33.0 Å². The van der Waals surface area contributed by atoms with Gasteiger partial charge in [0.2, 0.25) is 0 Å². The van der Waals surface area contributed by atoms with E-state index in [9.17, 15) is 0 Å². The van der Waals surface area contributed by atoms with Crippen LogP contribution < -0.4 is 5.84 Å². The number of hydrogen-bond donors (Lipinski definition) is 1. The number of nitrogens with zero attached hydrogens (tertiary/aromatic N) is 1. The van der Waals surface area contributed by atoms with Crippen molar-refractivity contribution in [2.75, 3.05) is 5.84 Å². The number of nitrogens with two attached hydrogens (primary N) is 1. The molecule has 1 aromatic heterocycles. The molecule has 0 spiro atoms. The molecule has 2 aromatic carbocycles. The Labute approximate surface area is 154 Å². The topological polar surface area (TPSA) is 30.9 Å². The Hall–Kier alpha value is -3.52. The van der Waals surface area contributed by atoms with Crippen molar-refractivity contribution < 1.29 is 0 Å². The number of allylic oxidation sites excluding steroid dienone is 8. The summed E-state index contributed by atoms with van der Waals surface area (Å²) in [6.45, 7) is 15.3. The van der Waals surface area contributed by atoms with Crippen LogP contribution in [0.4, 0.5) is 0 Å². The first-order chi connectivity index (χ1) is 12.6. The zero-order chi connectivity index (χ0) is 18.7.